The number of aromatic nitrogens is 1. The molecule has 1 aliphatic heterocycles. The second-order valence-corrected chi connectivity index (χ2v) is 4.83. The second kappa shape index (κ2) is 4.28. The van der Waals surface area contributed by atoms with Crippen LogP contribution >= 0.6 is 0 Å². The SMILES string of the molecule is Cc1noc2c1CCN(C(=O)CC(C)C)C2. The summed E-state index contributed by atoms with van der Waals surface area (Å²) in [6.45, 7) is 7.45. The van der Waals surface area contributed by atoms with Gasteiger partial charge in [-0.15, -0.1) is 0 Å². The zero-order valence-electron chi connectivity index (χ0n) is 10.1. The molecule has 0 bridgehead atoms. The number of nitrogens with zero attached hydrogens (tertiary/aromatic N) is 2. The monoisotopic (exact) mass is 222 g/mol. The first-order chi connectivity index (χ1) is 7.58. The normalized spacial score (nSPS) is 15.4. The van der Waals surface area contributed by atoms with E-state index in [9.17, 15) is 4.79 Å². The molecule has 1 aromatic rings. The molecule has 88 valence electrons. The van der Waals surface area contributed by atoms with E-state index in [-0.39, 0.29) is 5.91 Å². The van der Waals surface area contributed by atoms with Crippen molar-refractivity contribution in [2.75, 3.05) is 6.54 Å². The van der Waals surface area contributed by atoms with Crippen LogP contribution in [0.1, 0.15) is 37.3 Å². The van der Waals surface area contributed by atoms with Crippen molar-refractivity contribution < 1.29 is 9.32 Å². The molecule has 1 aromatic heterocycles. The lowest BCUT2D eigenvalue weighted by atomic mass is 10.0. The summed E-state index contributed by atoms with van der Waals surface area (Å²) in [4.78, 5) is 13.8. The molecule has 4 nitrogen and oxygen atoms in total. The molecule has 0 fully saturated rings. The van der Waals surface area contributed by atoms with Crippen LogP contribution in [0.15, 0.2) is 4.52 Å². The minimum Gasteiger partial charge on any atom is -0.359 e. The van der Waals surface area contributed by atoms with Crippen molar-refractivity contribution in [3.63, 3.8) is 0 Å². The van der Waals surface area contributed by atoms with Gasteiger partial charge in [-0.3, -0.25) is 4.79 Å². The summed E-state index contributed by atoms with van der Waals surface area (Å²) in [6, 6.07) is 0. The Morgan fingerprint density at radius 2 is 2.31 bits per heavy atom. The van der Waals surface area contributed by atoms with Crippen LogP contribution in [-0.4, -0.2) is 22.5 Å². The van der Waals surface area contributed by atoms with E-state index in [0.717, 1.165) is 24.4 Å². The first-order valence-corrected chi connectivity index (χ1v) is 5.79. The van der Waals surface area contributed by atoms with E-state index in [0.29, 0.717) is 18.9 Å². The van der Waals surface area contributed by atoms with E-state index in [4.69, 9.17) is 4.52 Å². The average molecular weight is 222 g/mol. The fourth-order valence-corrected chi connectivity index (χ4v) is 2.07. The lowest BCUT2D eigenvalue weighted by molar-refractivity contribution is -0.133. The van der Waals surface area contributed by atoms with Gasteiger partial charge < -0.3 is 9.42 Å². The largest absolute Gasteiger partial charge is 0.359 e. The van der Waals surface area contributed by atoms with Gasteiger partial charge in [0.25, 0.3) is 0 Å². The standard InChI is InChI=1S/C12H18N2O2/c1-8(2)6-12(15)14-5-4-10-9(3)13-16-11(10)7-14/h8H,4-7H2,1-3H3. The van der Waals surface area contributed by atoms with Gasteiger partial charge in [-0.25, -0.2) is 0 Å². The summed E-state index contributed by atoms with van der Waals surface area (Å²) in [5, 5.41) is 3.94. The maximum atomic E-state index is 11.9. The molecule has 2 rings (SSSR count). The second-order valence-electron chi connectivity index (χ2n) is 4.83. The quantitative estimate of drug-likeness (QED) is 0.768. The number of hydrogen-bond donors (Lipinski definition) is 0. The van der Waals surface area contributed by atoms with Crippen LogP contribution in [0.3, 0.4) is 0 Å². The molecule has 0 spiro atoms. The molecule has 1 aliphatic rings. The van der Waals surface area contributed by atoms with Crippen molar-refractivity contribution in [1.82, 2.24) is 10.1 Å². The number of fused-ring (bicyclic) bond motifs is 1. The van der Waals surface area contributed by atoms with E-state index in [1.54, 1.807) is 0 Å². The van der Waals surface area contributed by atoms with Crippen molar-refractivity contribution in [3.05, 3.63) is 17.0 Å². The number of hydrogen-bond acceptors (Lipinski definition) is 3. The van der Waals surface area contributed by atoms with E-state index < -0.39 is 0 Å². The summed E-state index contributed by atoms with van der Waals surface area (Å²) >= 11 is 0. The summed E-state index contributed by atoms with van der Waals surface area (Å²) < 4.78 is 5.23. The Kier molecular flexibility index (Phi) is 2.99. The van der Waals surface area contributed by atoms with Crippen molar-refractivity contribution in [2.45, 2.75) is 40.2 Å². The van der Waals surface area contributed by atoms with Crippen LogP contribution in [0.2, 0.25) is 0 Å². The maximum absolute atomic E-state index is 11.9. The maximum Gasteiger partial charge on any atom is 0.223 e. The zero-order valence-corrected chi connectivity index (χ0v) is 10.1. The van der Waals surface area contributed by atoms with Gasteiger partial charge >= 0.3 is 0 Å². The van der Waals surface area contributed by atoms with Crippen LogP contribution in [0.25, 0.3) is 0 Å². The van der Waals surface area contributed by atoms with Crippen molar-refractivity contribution in [3.8, 4) is 0 Å². The molecule has 0 saturated carbocycles. The van der Waals surface area contributed by atoms with Crippen LogP contribution in [0.4, 0.5) is 0 Å². The molecular formula is C12H18N2O2. The summed E-state index contributed by atoms with van der Waals surface area (Å²) in [6.07, 6.45) is 1.48. The Bertz CT molecular complexity index is 396. The van der Waals surface area contributed by atoms with Gasteiger partial charge in [0.1, 0.15) is 0 Å². The first kappa shape index (κ1) is 11.2. The number of carbonyl (C=O) groups excluding carboxylic acids is 1. The van der Waals surface area contributed by atoms with Gasteiger partial charge in [0, 0.05) is 18.5 Å². The van der Waals surface area contributed by atoms with Gasteiger partial charge in [-0.1, -0.05) is 19.0 Å². The number of aryl methyl sites for hydroxylation is 1. The minimum absolute atomic E-state index is 0.217. The highest BCUT2D eigenvalue weighted by Gasteiger charge is 2.25. The van der Waals surface area contributed by atoms with Crippen molar-refractivity contribution in [2.24, 2.45) is 5.92 Å². The van der Waals surface area contributed by atoms with Gasteiger partial charge in [-0.2, -0.15) is 0 Å². The predicted octanol–water partition coefficient (Wildman–Crippen LogP) is 1.91. The van der Waals surface area contributed by atoms with Gasteiger partial charge in [0.15, 0.2) is 5.76 Å². The Labute approximate surface area is 95.6 Å². The fourth-order valence-electron chi connectivity index (χ4n) is 2.07. The molecule has 0 saturated heterocycles. The number of carbonyl (C=O) groups is 1. The Morgan fingerprint density at radius 3 is 3.00 bits per heavy atom. The molecule has 4 heteroatoms. The molecule has 0 radical (unpaired) electrons. The third-order valence-corrected chi connectivity index (χ3v) is 2.97. The van der Waals surface area contributed by atoms with Crippen LogP contribution < -0.4 is 0 Å². The van der Waals surface area contributed by atoms with E-state index >= 15 is 0 Å². The predicted molar refractivity (Wildman–Crippen MR) is 59.8 cm³/mol. The molecule has 1 amide bonds. The fraction of sp³-hybridized carbons (Fsp3) is 0.667. The Hall–Kier alpha value is -1.32. The number of amides is 1. The molecule has 0 atom stereocenters. The lowest BCUT2D eigenvalue weighted by Crippen LogP contribution is -2.36. The topological polar surface area (TPSA) is 46.3 Å². The third-order valence-electron chi connectivity index (χ3n) is 2.97. The summed E-state index contributed by atoms with van der Waals surface area (Å²) in [5.74, 6) is 1.49. The minimum atomic E-state index is 0.217. The lowest BCUT2D eigenvalue weighted by Gasteiger charge is -2.26. The highest BCUT2D eigenvalue weighted by molar-refractivity contribution is 5.76. The molecule has 16 heavy (non-hydrogen) atoms. The highest BCUT2D eigenvalue weighted by Crippen LogP contribution is 2.22. The molecule has 0 N–H and O–H groups in total. The van der Waals surface area contributed by atoms with Crippen LogP contribution in [0, 0.1) is 12.8 Å². The average Bonchev–Trinajstić information content (AvgIpc) is 2.59. The molecule has 0 aromatic carbocycles. The smallest absolute Gasteiger partial charge is 0.223 e. The zero-order chi connectivity index (χ0) is 11.7. The van der Waals surface area contributed by atoms with Crippen LogP contribution in [0.5, 0.6) is 0 Å². The van der Waals surface area contributed by atoms with Crippen molar-refractivity contribution >= 4 is 5.91 Å². The third kappa shape index (κ3) is 2.10. The summed E-state index contributed by atoms with van der Waals surface area (Å²) in [7, 11) is 0. The van der Waals surface area contributed by atoms with E-state index in [2.05, 4.69) is 19.0 Å². The Balaban J connectivity index is 2.05. The summed E-state index contributed by atoms with van der Waals surface area (Å²) in [5.41, 5.74) is 2.15. The molecule has 0 aliphatic carbocycles. The molecule has 0 unspecified atom stereocenters. The van der Waals surface area contributed by atoms with E-state index in [1.165, 1.54) is 5.56 Å². The van der Waals surface area contributed by atoms with Gasteiger partial charge in [0.2, 0.25) is 5.91 Å². The molecule has 2 heterocycles. The Morgan fingerprint density at radius 1 is 1.56 bits per heavy atom. The highest BCUT2D eigenvalue weighted by atomic mass is 16.5. The van der Waals surface area contributed by atoms with Gasteiger partial charge in [0.05, 0.1) is 12.2 Å². The first-order valence-electron chi connectivity index (χ1n) is 5.79. The van der Waals surface area contributed by atoms with E-state index in [1.807, 2.05) is 11.8 Å². The van der Waals surface area contributed by atoms with Crippen molar-refractivity contribution in [1.29, 1.82) is 0 Å². The van der Waals surface area contributed by atoms with Gasteiger partial charge in [-0.05, 0) is 19.3 Å². The number of rotatable bonds is 2. The van der Waals surface area contributed by atoms with Crippen LogP contribution in [-0.2, 0) is 17.8 Å². The molecular weight excluding hydrogens is 204 g/mol.